The second kappa shape index (κ2) is 22.2. The van der Waals surface area contributed by atoms with E-state index in [9.17, 15) is 23.5 Å². The summed E-state index contributed by atoms with van der Waals surface area (Å²) in [6.07, 6.45) is 2.19. The van der Waals surface area contributed by atoms with Gasteiger partial charge in [0.05, 0.1) is 49.0 Å². The van der Waals surface area contributed by atoms with E-state index in [0.717, 1.165) is 63.7 Å². The molecule has 2 amide bonds. The molecule has 7 aromatic rings. The van der Waals surface area contributed by atoms with Crippen molar-refractivity contribution in [2.24, 2.45) is 0 Å². The molecule has 0 aliphatic carbocycles. The second-order valence-electron chi connectivity index (χ2n) is 20.3. The number of nitrogens with zero attached hydrogens (tertiary/aromatic N) is 11. The lowest BCUT2D eigenvalue weighted by atomic mass is 9.79. The van der Waals surface area contributed by atoms with E-state index < -0.39 is 41.0 Å². The van der Waals surface area contributed by atoms with Gasteiger partial charge in [0.25, 0.3) is 0 Å². The van der Waals surface area contributed by atoms with Gasteiger partial charge in [0.15, 0.2) is 11.3 Å². The highest BCUT2D eigenvalue weighted by Crippen LogP contribution is 2.47. The molecule has 78 heavy (non-hydrogen) atoms. The Hall–Kier alpha value is -8.50. The van der Waals surface area contributed by atoms with Crippen LogP contribution in [0.1, 0.15) is 55.6 Å². The minimum Gasteiger partial charge on any atom is -0.399 e. The summed E-state index contributed by atoms with van der Waals surface area (Å²) < 4.78 is 73.6. The summed E-state index contributed by atoms with van der Waals surface area (Å²) in [6.45, 7) is 18.4. The van der Waals surface area contributed by atoms with Crippen LogP contribution in [0.3, 0.4) is 0 Å². The predicted octanol–water partition coefficient (Wildman–Crippen LogP) is 7.80. The van der Waals surface area contributed by atoms with E-state index in [1.54, 1.807) is 41.3 Å². The standard InChI is InChI=1S/C33H26F4N8O2.C24H28BN3O3/c34-26-8-11-28(29(35)15-26)32(47,20-45-21-40-41-42-45)33(36,37)30-12-7-25(17-39-30)24-5-9-27(10-6-24)43-13-14-44(31(46)19-43)18-23-3-1-22(16-38)2-4-23;1-23(2)24(3,4)31-25(30-23)19-8-12-21(13-9-19)27-14-15-28(22(29)17-27)16-18-6-10-20(26-5)11-7-18/h1-12,15,17,21,47H,13-14,18-20H2;6-13H,14-17H2,1-4H3/t32-;/m0./s1. The molecule has 3 aliphatic rings. The van der Waals surface area contributed by atoms with Gasteiger partial charge in [-0.2, -0.15) is 14.0 Å². The van der Waals surface area contributed by atoms with Crippen molar-refractivity contribution >= 4 is 41.5 Å². The molecule has 1 N–H and O–H groups in total. The number of piperazine rings is 2. The Labute approximate surface area is 449 Å². The van der Waals surface area contributed by atoms with E-state index in [2.05, 4.69) is 36.3 Å². The summed E-state index contributed by atoms with van der Waals surface area (Å²) in [6, 6.07) is 36.3. The molecule has 0 unspecified atom stereocenters. The van der Waals surface area contributed by atoms with Crippen LogP contribution in [0.25, 0.3) is 16.0 Å². The van der Waals surface area contributed by atoms with Crippen molar-refractivity contribution in [3.63, 3.8) is 0 Å². The first-order valence-electron chi connectivity index (χ1n) is 25.1. The summed E-state index contributed by atoms with van der Waals surface area (Å²) in [5.41, 5.74) is 1.45. The Kier molecular flexibility index (Phi) is 15.5. The second-order valence-corrected chi connectivity index (χ2v) is 20.3. The molecule has 1 atom stereocenters. The number of aliphatic hydroxyl groups is 1. The van der Waals surface area contributed by atoms with Crippen LogP contribution in [-0.4, -0.2) is 110 Å². The average Bonchev–Trinajstić information content (AvgIpc) is 4.12. The number of alkyl halides is 2. The Bertz CT molecular complexity index is 3330. The molecule has 16 nitrogen and oxygen atoms in total. The van der Waals surface area contributed by atoms with Crippen molar-refractivity contribution in [3.8, 4) is 17.2 Å². The first-order valence-corrected chi connectivity index (χ1v) is 25.1. The molecule has 398 valence electrons. The number of aromatic nitrogens is 5. The number of pyridine rings is 1. The number of tetrazole rings is 1. The minimum absolute atomic E-state index is 0.0361. The van der Waals surface area contributed by atoms with Gasteiger partial charge in [-0.3, -0.25) is 14.6 Å². The lowest BCUT2D eigenvalue weighted by Crippen LogP contribution is -2.50. The summed E-state index contributed by atoms with van der Waals surface area (Å²) in [5.74, 6) is -6.47. The highest BCUT2D eigenvalue weighted by atomic mass is 19.3. The largest absolute Gasteiger partial charge is 0.494 e. The summed E-state index contributed by atoms with van der Waals surface area (Å²) in [7, 11) is -0.383. The van der Waals surface area contributed by atoms with Crippen LogP contribution in [0.15, 0.2) is 140 Å². The number of hydrogen-bond acceptors (Lipinski definition) is 12. The number of hydrogen-bond donors (Lipinski definition) is 1. The van der Waals surface area contributed by atoms with Crippen LogP contribution in [0, 0.1) is 29.5 Å². The maximum atomic E-state index is 16.1. The van der Waals surface area contributed by atoms with E-state index in [0.29, 0.717) is 67.7 Å². The fourth-order valence-corrected chi connectivity index (χ4v) is 9.31. The zero-order valence-corrected chi connectivity index (χ0v) is 43.2. The van der Waals surface area contributed by atoms with Crippen LogP contribution >= 0.6 is 0 Å². The third-order valence-corrected chi connectivity index (χ3v) is 14.6. The Morgan fingerprint density at radius 3 is 1.78 bits per heavy atom. The number of carbonyl (C=O) groups excluding carboxylic acids is 2. The number of amides is 2. The molecule has 0 saturated carbocycles. The fraction of sp³-hybridized carbons (Fsp3) is 0.298. The van der Waals surface area contributed by atoms with Gasteiger partial charge in [0.2, 0.25) is 11.8 Å². The van der Waals surface area contributed by atoms with Crippen molar-refractivity contribution in [2.45, 2.75) is 70.1 Å². The van der Waals surface area contributed by atoms with Gasteiger partial charge in [-0.15, -0.1) is 5.10 Å². The van der Waals surface area contributed by atoms with Gasteiger partial charge in [0, 0.05) is 74.0 Å². The average molecular weight is 1060 g/mol. The number of benzene rings is 5. The predicted molar refractivity (Wildman–Crippen MR) is 283 cm³/mol. The highest BCUT2D eigenvalue weighted by molar-refractivity contribution is 6.62. The van der Waals surface area contributed by atoms with Crippen LogP contribution in [-0.2, 0) is 50.1 Å². The molecule has 2 aromatic heterocycles. The van der Waals surface area contributed by atoms with Gasteiger partial charge < -0.3 is 34.0 Å². The Morgan fingerprint density at radius 2 is 1.29 bits per heavy atom. The van der Waals surface area contributed by atoms with Crippen LogP contribution in [0.4, 0.5) is 34.6 Å². The third-order valence-electron chi connectivity index (χ3n) is 14.6. The van der Waals surface area contributed by atoms with Crippen LogP contribution in [0.2, 0.25) is 0 Å². The quantitative estimate of drug-likeness (QED) is 0.0677. The molecule has 10 rings (SSSR count). The van der Waals surface area contributed by atoms with E-state index in [4.69, 9.17) is 21.1 Å². The lowest BCUT2D eigenvalue weighted by Gasteiger charge is -2.36. The zero-order chi connectivity index (χ0) is 55.4. The molecule has 0 radical (unpaired) electrons. The summed E-state index contributed by atoms with van der Waals surface area (Å²) in [5, 5.41) is 30.6. The topological polar surface area (TPSA) is 170 Å². The van der Waals surface area contributed by atoms with Crippen molar-refractivity contribution in [3.05, 3.63) is 191 Å². The Balaban J connectivity index is 0.000000206. The van der Waals surface area contributed by atoms with Gasteiger partial charge >= 0.3 is 13.0 Å². The molecule has 5 heterocycles. The van der Waals surface area contributed by atoms with Crippen molar-refractivity contribution in [2.75, 3.05) is 49.1 Å². The number of nitriles is 1. The normalized spacial score (nSPS) is 17.0. The van der Waals surface area contributed by atoms with Gasteiger partial charge in [-0.25, -0.2) is 18.3 Å². The fourth-order valence-electron chi connectivity index (χ4n) is 9.31. The minimum atomic E-state index is -4.17. The maximum absolute atomic E-state index is 16.1. The molecule has 0 bridgehead atoms. The lowest BCUT2D eigenvalue weighted by molar-refractivity contribution is -0.207. The van der Waals surface area contributed by atoms with Crippen molar-refractivity contribution < 1.29 is 41.6 Å². The molecule has 0 spiro atoms. The zero-order valence-electron chi connectivity index (χ0n) is 43.2. The van der Waals surface area contributed by atoms with Crippen LogP contribution in [0.5, 0.6) is 0 Å². The molecular formula is C57H54BF4N11O5. The van der Waals surface area contributed by atoms with E-state index in [1.165, 1.54) is 12.3 Å². The summed E-state index contributed by atoms with van der Waals surface area (Å²) in [4.78, 5) is 40.6. The SMILES string of the molecule is N#Cc1ccc(CN2CCN(c3ccc(-c4ccc(C(F)(F)[C@](O)(Cn5cnnn5)c5ccc(F)cc5F)nc4)cc3)CC2=O)cc1.[C-]#[N+]c1ccc(CN2CCN(c3ccc(B4OC(C)(C)C(C)(C)O4)cc3)CC2=O)cc1. The van der Waals surface area contributed by atoms with Gasteiger partial charge in [-0.05, 0) is 115 Å². The Morgan fingerprint density at radius 1 is 0.744 bits per heavy atom. The van der Waals surface area contributed by atoms with Crippen molar-refractivity contribution in [1.29, 1.82) is 5.26 Å². The van der Waals surface area contributed by atoms with Crippen molar-refractivity contribution in [1.82, 2.24) is 35.0 Å². The first kappa shape index (κ1) is 54.3. The summed E-state index contributed by atoms with van der Waals surface area (Å²) >= 11 is 0. The van der Waals surface area contributed by atoms with Gasteiger partial charge in [0.1, 0.15) is 23.7 Å². The molecule has 3 saturated heterocycles. The smallest absolute Gasteiger partial charge is 0.399 e. The number of rotatable bonds is 13. The molecule has 21 heteroatoms. The number of carbonyl (C=O) groups is 2. The first-order chi connectivity index (χ1) is 37.2. The van der Waals surface area contributed by atoms with E-state index in [-0.39, 0.29) is 36.7 Å². The van der Waals surface area contributed by atoms with E-state index >= 15 is 8.78 Å². The van der Waals surface area contributed by atoms with Gasteiger partial charge in [-0.1, -0.05) is 66.7 Å². The molecule has 3 aliphatic heterocycles. The highest BCUT2D eigenvalue weighted by Gasteiger charge is 2.58. The third kappa shape index (κ3) is 11.6. The molecule has 3 fully saturated rings. The number of halogens is 4. The van der Waals surface area contributed by atoms with E-state index in [1.807, 2.05) is 98.2 Å². The maximum Gasteiger partial charge on any atom is 0.494 e. The monoisotopic (exact) mass is 1060 g/mol. The molecule has 5 aromatic carbocycles. The number of anilines is 2. The molecular weight excluding hydrogens is 1010 g/mol. The van der Waals surface area contributed by atoms with Crippen LogP contribution < -0.4 is 15.3 Å².